The number of carboxylic acids is 1. The van der Waals surface area contributed by atoms with Crippen molar-refractivity contribution in [2.75, 3.05) is 13.2 Å². The maximum Gasteiger partial charge on any atom is 0.330 e. The second-order valence-corrected chi connectivity index (χ2v) is 5.34. The van der Waals surface area contributed by atoms with Gasteiger partial charge in [-0.3, -0.25) is 0 Å². The normalized spacial score (nSPS) is 22.9. The Morgan fingerprint density at radius 3 is 2.62 bits per heavy atom. The third-order valence-electron chi connectivity index (χ3n) is 3.98. The van der Waals surface area contributed by atoms with Gasteiger partial charge in [0.2, 0.25) is 0 Å². The highest BCUT2D eigenvalue weighted by Crippen LogP contribution is 2.24. The van der Waals surface area contributed by atoms with E-state index in [4.69, 9.17) is 0 Å². The third-order valence-corrected chi connectivity index (χ3v) is 3.98. The zero-order chi connectivity index (χ0) is 15.4. The number of aliphatic hydroxyl groups excluding tert-OH is 1. The van der Waals surface area contributed by atoms with Crippen LogP contribution in [0.1, 0.15) is 24.9 Å². The fraction of sp³-hybridized carbons (Fsp3) is 0.467. The summed E-state index contributed by atoms with van der Waals surface area (Å²) in [5.74, 6) is -0.900. The Morgan fingerprint density at radius 2 is 2.05 bits per heavy atom. The van der Waals surface area contributed by atoms with Crippen molar-refractivity contribution in [3.63, 3.8) is 0 Å². The molecule has 1 aromatic rings. The Morgan fingerprint density at radius 1 is 1.38 bits per heavy atom. The molecule has 1 saturated heterocycles. The molecule has 6 heteroatoms. The molecule has 2 unspecified atom stereocenters. The molecule has 3 N–H and O–H groups in total. The molecule has 2 amide bonds. The average molecular weight is 292 g/mol. The first-order chi connectivity index (χ1) is 10.0. The van der Waals surface area contributed by atoms with Crippen molar-refractivity contribution < 1.29 is 19.8 Å². The number of carbonyl (C=O) groups is 2. The largest absolute Gasteiger partial charge is 0.479 e. The lowest BCUT2D eigenvalue weighted by Crippen LogP contribution is -2.47. The first kappa shape index (κ1) is 15.3. The number of aliphatic carboxylic acids is 1. The van der Waals surface area contributed by atoms with Gasteiger partial charge < -0.3 is 20.4 Å². The van der Waals surface area contributed by atoms with Gasteiger partial charge in [0.05, 0.1) is 12.6 Å². The van der Waals surface area contributed by atoms with Gasteiger partial charge in [0.25, 0.3) is 0 Å². The van der Waals surface area contributed by atoms with Gasteiger partial charge in [-0.05, 0) is 17.9 Å². The number of likely N-dealkylation sites (tertiary alicyclic amines) is 1. The molecular weight excluding hydrogens is 272 g/mol. The molecular formula is C15H20N2O4. The lowest BCUT2D eigenvalue weighted by atomic mass is 10.0. The number of benzene rings is 1. The van der Waals surface area contributed by atoms with E-state index in [2.05, 4.69) is 5.32 Å². The Kier molecular flexibility index (Phi) is 4.80. The van der Waals surface area contributed by atoms with Crippen molar-refractivity contribution >= 4 is 12.0 Å². The van der Waals surface area contributed by atoms with Gasteiger partial charge in [-0.2, -0.15) is 0 Å². The third kappa shape index (κ3) is 3.33. The van der Waals surface area contributed by atoms with E-state index in [1.54, 1.807) is 30.3 Å². The van der Waals surface area contributed by atoms with Crippen molar-refractivity contribution in [2.24, 2.45) is 5.92 Å². The molecule has 0 radical (unpaired) electrons. The number of hydrogen-bond acceptors (Lipinski definition) is 3. The van der Waals surface area contributed by atoms with Gasteiger partial charge in [0, 0.05) is 6.54 Å². The first-order valence-electron chi connectivity index (χ1n) is 7.00. The van der Waals surface area contributed by atoms with Crippen LogP contribution in [-0.2, 0) is 4.79 Å². The summed E-state index contributed by atoms with van der Waals surface area (Å²) in [6.45, 7) is 2.39. The number of hydrogen-bond donors (Lipinski definition) is 3. The van der Waals surface area contributed by atoms with Crippen LogP contribution >= 0.6 is 0 Å². The number of nitrogens with zero attached hydrogens (tertiary/aromatic N) is 1. The summed E-state index contributed by atoms with van der Waals surface area (Å²) in [4.78, 5) is 25.2. The summed E-state index contributed by atoms with van der Waals surface area (Å²) in [5.41, 5.74) is 0.520. The topological polar surface area (TPSA) is 89.9 Å². The van der Waals surface area contributed by atoms with Crippen LogP contribution in [0.15, 0.2) is 30.3 Å². The van der Waals surface area contributed by atoms with Crippen LogP contribution in [0.3, 0.4) is 0 Å². The van der Waals surface area contributed by atoms with Crippen molar-refractivity contribution in [3.8, 4) is 0 Å². The lowest BCUT2D eigenvalue weighted by molar-refractivity contribution is -0.139. The average Bonchev–Trinajstić information content (AvgIpc) is 2.86. The molecule has 1 aliphatic heterocycles. The summed E-state index contributed by atoms with van der Waals surface area (Å²) >= 11 is 0. The predicted molar refractivity (Wildman–Crippen MR) is 76.7 cm³/mol. The van der Waals surface area contributed by atoms with E-state index in [1.165, 1.54) is 4.90 Å². The molecule has 0 aliphatic carbocycles. The number of rotatable bonds is 4. The van der Waals surface area contributed by atoms with Gasteiger partial charge in [-0.1, -0.05) is 37.3 Å². The highest BCUT2D eigenvalue weighted by atomic mass is 16.4. The van der Waals surface area contributed by atoms with E-state index < -0.39 is 18.0 Å². The molecule has 21 heavy (non-hydrogen) atoms. The van der Waals surface area contributed by atoms with E-state index >= 15 is 0 Å². The van der Waals surface area contributed by atoms with E-state index in [-0.39, 0.29) is 18.6 Å². The molecule has 0 aromatic heterocycles. The number of carboxylic acid groups (broad SMARTS) is 1. The molecule has 1 aliphatic rings. The summed E-state index contributed by atoms with van der Waals surface area (Å²) < 4.78 is 0. The number of urea groups is 1. The summed E-state index contributed by atoms with van der Waals surface area (Å²) in [6.07, 6.45) is 0.807. The van der Waals surface area contributed by atoms with Crippen LogP contribution in [0, 0.1) is 5.92 Å². The van der Waals surface area contributed by atoms with Crippen molar-refractivity contribution in [1.29, 1.82) is 0 Å². The van der Waals surface area contributed by atoms with Crippen LogP contribution < -0.4 is 5.32 Å². The van der Waals surface area contributed by atoms with Crippen LogP contribution in [-0.4, -0.2) is 46.3 Å². The minimum atomic E-state index is -1.11. The quantitative estimate of drug-likeness (QED) is 0.778. The Bertz CT molecular complexity index is 506. The number of nitrogens with one attached hydrogen (secondary N) is 1. The molecule has 0 bridgehead atoms. The van der Waals surface area contributed by atoms with Crippen molar-refractivity contribution in [1.82, 2.24) is 10.2 Å². The minimum absolute atomic E-state index is 0.113. The maximum atomic E-state index is 12.3. The Hall–Kier alpha value is -2.08. The maximum absolute atomic E-state index is 12.3. The smallest absolute Gasteiger partial charge is 0.330 e. The van der Waals surface area contributed by atoms with Crippen molar-refractivity contribution in [2.45, 2.75) is 25.4 Å². The number of amides is 2. The highest BCUT2D eigenvalue weighted by Gasteiger charge is 2.35. The highest BCUT2D eigenvalue weighted by molar-refractivity contribution is 5.84. The van der Waals surface area contributed by atoms with Gasteiger partial charge in [-0.25, -0.2) is 9.59 Å². The molecule has 114 valence electrons. The molecule has 1 heterocycles. The molecule has 6 nitrogen and oxygen atoms in total. The summed E-state index contributed by atoms with van der Waals surface area (Å²) in [6, 6.07) is 6.77. The van der Waals surface area contributed by atoms with Crippen LogP contribution in [0.25, 0.3) is 0 Å². The Labute approximate surface area is 123 Å². The first-order valence-corrected chi connectivity index (χ1v) is 7.00. The van der Waals surface area contributed by atoms with Gasteiger partial charge in [0.15, 0.2) is 6.04 Å². The standard InChI is InChI=1S/C15H20N2O4/c1-10-7-8-17(12(10)9-18)15(21)16-13(14(19)20)11-5-3-2-4-6-11/h2-6,10,12-13,18H,7-9H2,1H3,(H,16,21)(H,19,20)/t10?,12?,13-/m1/s1. The fourth-order valence-electron chi connectivity index (χ4n) is 2.68. The van der Waals surface area contributed by atoms with Gasteiger partial charge >= 0.3 is 12.0 Å². The van der Waals surface area contributed by atoms with E-state index in [1.807, 2.05) is 6.92 Å². The van der Waals surface area contributed by atoms with E-state index in [0.29, 0.717) is 12.1 Å². The molecule has 0 spiro atoms. The number of carbonyl (C=O) groups excluding carboxylic acids is 1. The molecule has 1 fully saturated rings. The van der Waals surface area contributed by atoms with Crippen LogP contribution in [0.2, 0.25) is 0 Å². The Balaban J connectivity index is 2.11. The number of aliphatic hydroxyl groups is 1. The van der Waals surface area contributed by atoms with E-state index in [0.717, 1.165) is 6.42 Å². The van der Waals surface area contributed by atoms with Crippen LogP contribution in [0.4, 0.5) is 4.79 Å². The molecule has 2 rings (SSSR count). The zero-order valence-corrected chi connectivity index (χ0v) is 11.9. The van der Waals surface area contributed by atoms with Gasteiger partial charge in [-0.15, -0.1) is 0 Å². The van der Waals surface area contributed by atoms with Crippen molar-refractivity contribution in [3.05, 3.63) is 35.9 Å². The monoisotopic (exact) mass is 292 g/mol. The predicted octanol–water partition coefficient (Wildman–Crippen LogP) is 1.22. The fourth-order valence-corrected chi connectivity index (χ4v) is 2.68. The summed E-state index contributed by atoms with van der Waals surface area (Å²) in [5, 5.41) is 21.2. The van der Waals surface area contributed by atoms with Crippen LogP contribution in [0.5, 0.6) is 0 Å². The van der Waals surface area contributed by atoms with E-state index in [9.17, 15) is 19.8 Å². The van der Waals surface area contributed by atoms with Gasteiger partial charge in [0.1, 0.15) is 0 Å². The zero-order valence-electron chi connectivity index (χ0n) is 11.9. The second kappa shape index (κ2) is 6.58. The second-order valence-electron chi connectivity index (χ2n) is 5.34. The molecule has 0 saturated carbocycles. The lowest BCUT2D eigenvalue weighted by Gasteiger charge is -2.27. The minimum Gasteiger partial charge on any atom is -0.479 e. The SMILES string of the molecule is CC1CCN(C(=O)N[C@@H](C(=O)O)c2ccccc2)C1CO. The molecule has 1 aromatic carbocycles. The summed E-state index contributed by atoms with van der Waals surface area (Å²) in [7, 11) is 0. The molecule has 3 atom stereocenters.